The molecule has 3 rings (SSSR count). The zero-order valence-corrected chi connectivity index (χ0v) is 19.9. The zero-order valence-electron chi connectivity index (χ0n) is 18.3. The summed E-state index contributed by atoms with van der Waals surface area (Å²) in [5, 5.41) is 19.7. The van der Waals surface area contributed by atoms with E-state index in [2.05, 4.69) is 4.99 Å². The number of hydrogen-bond acceptors (Lipinski definition) is 6. The topological polar surface area (TPSA) is 102 Å². The number of anilines is 1. The SMILES string of the molecule is NC(=C(Cl)C(=NCC(=O)N1CCN(c2ccc(Cl)c(O)c2)CC1)C(O)c1ccccc1)C(F)(F)F. The van der Waals surface area contributed by atoms with Gasteiger partial charge < -0.3 is 25.7 Å². The summed E-state index contributed by atoms with van der Waals surface area (Å²) < 4.78 is 39.4. The fourth-order valence-corrected chi connectivity index (χ4v) is 3.88. The van der Waals surface area contributed by atoms with E-state index in [4.69, 9.17) is 28.9 Å². The molecule has 7 nitrogen and oxygen atoms in total. The van der Waals surface area contributed by atoms with Crippen LogP contribution in [-0.4, -0.2) is 65.6 Å². The first-order valence-electron chi connectivity index (χ1n) is 10.5. The Morgan fingerprint density at radius 3 is 2.31 bits per heavy atom. The highest BCUT2D eigenvalue weighted by atomic mass is 35.5. The highest BCUT2D eigenvalue weighted by Gasteiger charge is 2.36. The molecule has 1 heterocycles. The molecule has 1 aliphatic rings. The van der Waals surface area contributed by atoms with Crippen LogP contribution in [0.2, 0.25) is 5.02 Å². The van der Waals surface area contributed by atoms with Gasteiger partial charge in [-0.2, -0.15) is 13.2 Å². The van der Waals surface area contributed by atoms with Gasteiger partial charge >= 0.3 is 6.18 Å². The van der Waals surface area contributed by atoms with Gasteiger partial charge in [0.25, 0.3) is 0 Å². The summed E-state index contributed by atoms with van der Waals surface area (Å²) in [6.45, 7) is 1.03. The third-order valence-electron chi connectivity index (χ3n) is 5.45. The number of piperazine rings is 1. The van der Waals surface area contributed by atoms with E-state index < -0.39 is 41.2 Å². The molecule has 1 unspecified atom stereocenters. The fourth-order valence-electron chi connectivity index (χ4n) is 3.50. The third kappa shape index (κ3) is 6.59. The van der Waals surface area contributed by atoms with Crippen molar-refractivity contribution in [1.29, 1.82) is 0 Å². The maximum atomic E-state index is 13.1. The van der Waals surface area contributed by atoms with Crippen LogP contribution in [0.15, 0.2) is 64.3 Å². The van der Waals surface area contributed by atoms with Gasteiger partial charge in [0, 0.05) is 37.9 Å². The minimum Gasteiger partial charge on any atom is -0.506 e. The Kier molecular flexibility index (Phi) is 8.52. The number of rotatable bonds is 6. The predicted octanol–water partition coefficient (Wildman–Crippen LogP) is 3.84. The number of halogens is 5. The molecule has 0 radical (unpaired) electrons. The average Bonchev–Trinajstić information content (AvgIpc) is 2.85. The highest BCUT2D eigenvalue weighted by molar-refractivity contribution is 6.44. The number of allylic oxidation sites excluding steroid dienone is 1. The number of carbonyl (C=O) groups excluding carboxylic acids is 1. The molecular formula is C23H23Cl2F3N4O3. The lowest BCUT2D eigenvalue weighted by molar-refractivity contribution is -0.129. The number of aliphatic hydroxyl groups is 1. The van der Waals surface area contributed by atoms with Gasteiger partial charge in [-0.3, -0.25) is 9.79 Å². The van der Waals surface area contributed by atoms with Crippen LogP contribution in [0.25, 0.3) is 0 Å². The van der Waals surface area contributed by atoms with Crippen molar-refractivity contribution >= 4 is 40.5 Å². The Labute approximate surface area is 209 Å². The van der Waals surface area contributed by atoms with Crippen LogP contribution in [0.5, 0.6) is 5.75 Å². The van der Waals surface area contributed by atoms with E-state index in [0.29, 0.717) is 26.2 Å². The van der Waals surface area contributed by atoms with Crippen molar-refractivity contribution in [3.8, 4) is 5.75 Å². The van der Waals surface area contributed by atoms with Gasteiger partial charge in [-0.05, 0) is 17.7 Å². The number of phenols is 1. The number of carbonyl (C=O) groups is 1. The number of benzene rings is 2. The first-order chi connectivity index (χ1) is 16.5. The predicted molar refractivity (Wildman–Crippen MR) is 129 cm³/mol. The lowest BCUT2D eigenvalue weighted by Crippen LogP contribution is -2.49. The van der Waals surface area contributed by atoms with Gasteiger partial charge in [0.1, 0.15) is 24.1 Å². The van der Waals surface area contributed by atoms with Crippen LogP contribution in [0, 0.1) is 0 Å². The Hall–Kier alpha value is -2.95. The van der Waals surface area contributed by atoms with Crippen LogP contribution in [-0.2, 0) is 4.79 Å². The van der Waals surface area contributed by atoms with Crippen molar-refractivity contribution in [3.63, 3.8) is 0 Å². The van der Waals surface area contributed by atoms with E-state index in [1.165, 1.54) is 23.1 Å². The van der Waals surface area contributed by atoms with E-state index in [-0.39, 0.29) is 16.3 Å². The van der Waals surface area contributed by atoms with Crippen molar-refractivity contribution in [2.75, 3.05) is 37.6 Å². The summed E-state index contributed by atoms with van der Waals surface area (Å²) >= 11 is 11.7. The smallest absolute Gasteiger partial charge is 0.432 e. The number of amides is 1. The molecule has 0 spiro atoms. The van der Waals surface area contributed by atoms with E-state index >= 15 is 0 Å². The third-order valence-corrected chi connectivity index (χ3v) is 6.17. The maximum absolute atomic E-state index is 13.1. The summed E-state index contributed by atoms with van der Waals surface area (Å²) in [6.07, 6.45) is -6.56. The summed E-state index contributed by atoms with van der Waals surface area (Å²) in [4.78, 5) is 20.2. The maximum Gasteiger partial charge on any atom is 0.432 e. The number of aliphatic imine (C=N–C) groups is 1. The number of nitrogens with two attached hydrogens (primary N) is 1. The molecule has 0 bridgehead atoms. The quantitative estimate of drug-likeness (QED) is 0.492. The molecule has 4 N–H and O–H groups in total. The number of aliphatic hydroxyl groups excluding tert-OH is 1. The number of hydrogen-bond donors (Lipinski definition) is 3. The molecule has 1 saturated heterocycles. The van der Waals surface area contributed by atoms with Crippen LogP contribution in [0.3, 0.4) is 0 Å². The summed E-state index contributed by atoms with van der Waals surface area (Å²) in [7, 11) is 0. The van der Waals surface area contributed by atoms with E-state index in [1.54, 1.807) is 30.3 Å². The molecule has 1 amide bonds. The number of aromatic hydroxyl groups is 1. The van der Waals surface area contributed by atoms with Crippen LogP contribution >= 0.6 is 23.2 Å². The van der Waals surface area contributed by atoms with Gasteiger partial charge in [-0.1, -0.05) is 53.5 Å². The number of phenolic OH excluding ortho intramolecular Hbond substituents is 1. The summed E-state index contributed by atoms with van der Waals surface area (Å²) in [6, 6.07) is 12.7. The van der Waals surface area contributed by atoms with Gasteiger partial charge in [-0.15, -0.1) is 0 Å². The molecule has 0 saturated carbocycles. The number of nitrogens with zero attached hydrogens (tertiary/aromatic N) is 3. The normalized spacial score (nSPS) is 16.7. The molecule has 1 atom stereocenters. The fraction of sp³-hybridized carbons (Fsp3) is 0.304. The van der Waals surface area contributed by atoms with Crippen molar-refractivity contribution in [2.45, 2.75) is 12.3 Å². The minimum absolute atomic E-state index is 0.0513. The van der Waals surface area contributed by atoms with Gasteiger partial charge in [0.15, 0.2) is 0 Å². The van der Waals surface area contributed by atoms with E-state index in [0.717, 1.165) is 5.69 Å². The second-order valence-electron chi connectivity index (χ2n) is 7.74. The Morgan fingerprint density at radius 1 is 1.11 bits per heavy atom. The second kappa shape index (κ2) is 11.2. The monoisotopic (exact) mass is 530 g/mol. The molecule has 12 heteroatoms. The first kappa shape index (κ1) is 26.7. The van der Waals surface area contributed by atoms with Crippen molar-refractivity contribution in [2.24, 2.45) is 10.7 Å². The van der Waals surface area contributed by atoms with Gasteiger partial charge in [0.2, 0.25) is 5.91 Å². The standard InChI is InChI=1S/C23H23Cl2F3N4O3/c24-16-7-6-15(12-17(16)33)31-8-10-32(11-9-31)18(34)13-30-20(19(25)22(29)23(26,27)28)21(35)14-4-2-1-3-5-14/h1-7,12,21,33,35H,8-11,13,29H2. The van der Waals surface area contributed by atoms with Crippen LogP contribution in [0.4, 0.5) is 18.9 Å². The van der Waals surface area contributed by atoms with Crippen LogP contribution < -0.4 is 10.6 Å². The molecule has 188 valence electrons. The molecular weight excluding hydrogens is 508 g/mol. The first-order valence-corrected chi connectivity index (χ1v) is 11.3. The molecule has 35 heavy (non-hydrogen) atoms. The Bertz CT molecular complexity index is 1120. The van der Waals surface area contributed by atoms with Gasteiger partial charge in [-0.25, -0.2) is 0 Å². The zero-order chi connectivity index (χ0) is 25.8. The summed E-state index contributed by atoms with van der Waals surface area (Å²) in [5.74, 6) is -0.499. The van der Waals surface area contributed by atoms with Crippen LogP contribution in [0.1, 0.15) is 11.7 Å². The average molecular weight is 531 g/mol. The van der Waals surface area contributed by atoms with E-state index in [1.807, 2.05) is 4.90 Å². The molecule has 2 aromatic rings. The molecule has 0 aromatic heterocycles. The molecule has 0 aliphatic carbocycles. The van der Waals surface area contributed by atoms with E-state index in [9.17, 15) is 28.2 Å². The Morgan fingerprint density at radius 2 is 1.74 bits per heavy atom. The highest BCUT2D eigenvalue weighted by Crippen LogP contribution is 2.31. The van der Waals surface area contributed by atoms with Crippen molar-refractivity contribution in [3.05, 3.63) is 69.8 Å². The Balaban J connectivity index is 1.74. The summed E-state index contributed by atoms with van der Waals surface area (Å²) in [5.41, 5.74) is 3.98. The second-order valence-corrected chi connectivity index (χ2v) is 8.53. The minimum atomic E-state index is -4.94. The van der Waals surface area contributed by atoms with Crippen molar-refractivity contribution in [1.82, 2.24) is 4.90 Å². The molecule has 2 aromatic carbocycles. The van der Waals surface area contributed by atoms with Gasteiger partial charge in [0.05, 0.1) is 15.8 Å². The molecule has 1 fully saturated rings. The molecule has 1 aliphatic heterocycles. The number of alkyl halides is 3. The van der Waals surface area contributed by atoms with Crippen molar-refractivity contribution < 1.29 is 28.2 Å². The lowest BCUT2D eigenvalue weighted by Gasteiger charge is -2.36. The lowest BCUT2D eigenvalue weighted by atomic mass is 10.0. The largest absolute Gasteiger partial charge is 0.506 e.